The first-order valence-corrected chi connectivity index (χ1v) is 6.05. The van der Waals surface area contributed by atoms with Crippen LogP contribution in [0.15, 0.2) is 27.2 Å². The van der Waals surface area contributed by atoms with Gasteiger partial charge in [0.1, 0.15) is 0 Å². The molecular weight excluding hydrogens is 291 g/mol. The van der Waals surface area contributed by atoms with E-state index in [9.17, 15) is 0 Å². The lowest BCUT2D eigenvalue weighted by Gasteiger charge is -1.99. The maximum absolute atomic E-state index is 5.87. The SMILES string of the molecule is Cc1ccc(-c2nc(C(C)Cl)no2)cc1Br. The summed E-state index contributed by atoms with van der Waals surface area (Å²) in [5.41, 5.74) is 2.04. The molecule has 0 radical (unpaired) electrons. The zero-order valence-electron chi connectivity index (χ0n) is 8.87. The highest BCUT2D eigenvalue weighted by atomic mass is 79.9. The molecule has 0 bridgehead atoms. The summed E-state index contributed by atoms with van der Waals surface area (Å²) in [7, 11) is 0. The van der Waals surface area contributed by atoms with E-state index in [2.05, 4.69) is 26.1 Å². The minimum atomic E-state index is -0.244. The van der Waals surface area contributed by atoms with E-state index in [-0.39, 0.29) is 5.38 Å². The molecule has 84 valence electrons. The first kappa shape index (κ1) is 11.6. The van der Waals surface area contributed by atoms with Crippen molar-refractivity contribution in [2.75, 3.05) is 0 Å². The van der Waals surface area contributed by atoms with Crippen LogP contribution in [0.4, 0.5) is 0 Å². The molecule has 0 spiro atoms. The highest BCUT2D eigenvalue weighted by molar-refractivity contribution is 9.10. The summed E-state index contributed by atoms with van der Waals surface area (Å²) in [6, 6.07) is 5.88. The van der Waals surface area contributed by atoms with E-state index in [0.717, 1.165) is 15.6 Å². The molecule has 0 aliphatic heterocycles. The Labute approximate surface area is 107 Å². The van der Waals surface area contributed by atoms with Crippen molar-refractivity contribution in [3.8, 4) is 11.5 Å². The van der Waals surface area contributed by atoms with Crippen LogP contribution in [-0.2, 0) is 0 Å². The predicted octanol–water partition coefficient (Wildman–Crippen LogP) is 4.11. The maximum atomic E-state index is 5.87. The van der Waals surface area contributed by atoms with Gasteiger partial charge < -0.3 is 4.52 Å². The normalized spacial score (nSPS) is 12.8. The van der Waals surface area contributed by atoms with Gasteiger partial charge in [0.15, 0.2) is 5.82 Å². The Morgan fingerprint density at radius 2 is 2.19 bits per heavy atom. The van der Waals surface area contributed by atoms with Gasteiger partial charge in [0.25, 0.3) is 5.89 Å². The average molecular weight is 302 g/mol. The molecule has 3 nitrogen and oxygen atoms in total. The van der Waals surface area contributed by atoms with E-state index in [0.29, 0.717) is 11.7 Å². The fraction of sp³-hybridized carbons (Fsp3) is 0.273. The van der Waals surface area contributed by atoms with Crippen LogP contribution in [0.25, 0.3) is 11.5 Å². The largest absolute Gasteiger partial charge is 0.334 e. The van der Waals surface area contributed by atoms with Crippen molar-refractivity contribution in [1.29, 1.82) is 0 Å². The molecule has 2 rings (SSSR count). The maximum Gasteiger partial charge on any atom is 0.258 e. The van der Waals surface area contributed by atoms with E-state index in [1.165, 1.54) is 0 Å². The van der Waals surface area contributed by atoms with Crippen LogP contribution in [0.3, 0.4) is 0 Å². The van der Waals surface area contributed by atoms with Crippen molar-refractivity contribution in [2.24, 2.45) is 0 Å². The van der Waals surface area contributed by atoms with Crippen molar-refractivity contribution in [1.82, 2.24) is 10.1 Å². The monoisotopic (exact) mass is 300 g/mol. The lowest BCUT2D eigenvalue weighted by Crippen LogP contribution is -1.87. The highest BCUT2D eigenvalue weighted by Crippen LogP contribution is 2.26. The fourth-order valence-corrected chi connectivity index (χ4v) is 1.71. The molecule has 5 heteroatoms. The average Bonchev–Trinajstić information content (AvgIpc) is 2.71. The first-order chi connectivity index (χ1) is 7.58. The van der Waals surface area contributed by atoms with Gasteiger partial charge in [-0.15, -0.1) is 11.6 Å². The summed E-state index contributed by atoms with van der Waals surface area (Å²) in [4.78, 5) is 4.22. The Hall–Kier alpha value is -0.870. The number of aryl methyl sites for hydroxylation is 1. The molecule has 1 unspecified atom stereocenters. The molecule has 2 aromatic rings. The van der Waals surface area contributed by atoms with E-state index in [1.54, 1.807) is 6.92 Å². The Morgan fingerprint density at radius 1 is 1.44 bits per heavy atom. The number of hydrogen-bond acceptors (Lipinski definition) is 3. The summed E-state index contributed by atoms with van der Waals surface area (Å²) in [5.74, 6) is 0.997. The minimum absolute atomic E-state index is 0.244. The smallest absolute Gasteiger partial charge is 0.258 e. The van der Waals surface area contributed by atoms with Gasteiger partial charge in [-0.1, -0.05) is 27.2 Å². The summed E-state index contributed by atoms with van der Waals surface area (Å²) in [6.07, 6.45) is 0. The second kappa shape index (κ2) is 4.55. The number of halogens is 2. The molecule has 1 aromatic carbocycles. The van der Waals surface area contributed by atoms with Gasteiger partial charge in [0, 0.05) is 10.0 Å². The molecule has 1 heterocycles. The van der Waals surface area contributed by atoms with Crippen LogP contribution in [0.2, 0.25) is 0 Å². The molecule has 1 atom stereocenters. The van der Waals surface area contributed by atoms with Crippen molar-refractivity contribution in [3.63, 3.8) is 0 Å². The first-order valence-electron chi connectivity index (χ1n) is 4.82. The number of alkyl halides is 1. The van der Waals surface area contributed by atoms with Crippen LogP contribution < -0.4 is 0 Å². The van der Waals surface area contributed by atoms with Crippen LogP contribution in [0, 0.1) is 6.92 Å². The molecule has 0 N–H and O–H groups in total. The zero-order valence-corrected chi connectivity index (χ0v) is 11.2. The van der Waals surface area contributed by atoms with Gasteiger partial charge in [-0.05, 0) is 31.5 Å². The third-order valence-electron chi connectivity index (χ3n) is 2.22. The van der Waals surface area contributed by atoms with Crippen LogP contribution in [0.1, 0.15) is 23.7 Å². The van der Waals surface area contributed by atoms with Gasteiger partial charge >= 0.3 is 0 Å². The summed E-state index contributed by atoms with van der Waals surface area (Å²) in [5, 5.41) is 3.57. The van der Waals surface area contributed by atoms with Gasteiger partial charge in [0.05, 0.1) is 5.38 Å². The molecule has 1 aromatic heterocycles. The highest BCUT2D eigenvalue weighted by Gasteiger charge is 2.13. The Balaban J connectivity index is 2.39. The molecule has 16 heavy (non-hydrogen) atoms. The van der Waals surface area contributed by atoms with Crippen LogP contribution >= 0.6 is 27.5 Å². The lowest BCUT2D eigenvalue weighted by molar-refractivity contribution is 0.422. The number of hydrogen-bond donors (Lipinski definition) is 0. The Bertz CT molecular complexity index is 510. The summed E-state index contributed by atoms with van der Waals surface area (Å²) < 4.78 is 6.16. The lowest BCUT2D eigenvalue weighted by atomic mass is 10.1. The Kier molecular flexibility index (Phi) is 3.30. The third-order valence-corrected chi connectivity index (χ3v) is 3.27. The van der Waals surface area contributed by atoms with Crippen LogP contribution in [-0.4, -0.2) is 10.1 Å². The fourth-order valence-electron chi connectivity index (χ4n) is 1.24. The summed E-state index contributed by atoms with van der Waals surface area (Å²) in [6.45, 7) is 3.83. The van der Waals surface area contributed by atoms with Gasteiger partial charge in [-0.3, -0.25) is 0 Å². The van der Waals surface area contributed by atoms with Crippen molar-refractivity contribution >= 4 is 27.5 Å². The second-order valence-corrected chi connectivity index (χ2v) is 5.05. The topological polar surface area (TPSA) is 38.9 Å². The molecule has 0 aliphatic rings. The van der Waals surface area contributed by atoms with Crippen LogP contribution in [0.5, 0.6) is 0 Å². The van der Waals surface area contributed by atoms with E-state index < -0.39 is 0 Å². The number of benzene rings is 1. The zero-order chi connectivity index (χ0) is 11.7. The molecule has 0 fully saturated rings. The predicted molar refractivity (Wildman–Crippen MR) is 66.4 cm³/mol. The van der Waals surface area contributed by atoms with Gasteiger partial charge in [-0.2, -0.15) is 4.98 Å². The number of rotatable bonds is 2. The van der Waals surface area contributed by atoms with E-state index >= 15 is 0 Å². The standard InChI is InChI=1S/C11H10BrClN2O/c1-6-3-4-8(5-9(6)12)11-14-10(7(2)13)15-16-11/h3-5,7H,1-2H3. The van der Waals surface area contributed by atoms with Gasteiger partial charge in [-0.25, -0.2) is 0 Å². The minimum Gasteiger partial charge on any atom is -0.334 e. The van der Waals surface area contributed by atoms with Crippen molar-refractivity contribution in [2.45, 2.75) is 19.2 Å². The van der Waals surface area contributed by atoms with Crippen molar-refractivity contribution in [3.05, 3.63) is 34.1 Å². The van der Waals surface area contributed by atoms with Gasteiger partial charge in [0.2, 0.25) is 0 Å². The molecular formula is C11H10BrClN2O. The molecule has 0 amide bonds. The van der Waals surface area contributed by atoms with Crippen molar-refractivity contribution < 1.29 is 4.52 Å². The molecule has 0 saturated carbocycles. The Morgan fingerprint density at radius 3 is 2.75 bits per heavy atom. The molecule has 0 saturated heterocycles. The summed E-state index contributed by atoms with van der Waals surface area (Å²) >= 11 is 9.33. The quantitative estimate of drug-likeness (QED) is 0.784. The van der Waals surface area contributed by atoms with E-state index in [4.69, 9.17) is 16.1 Å². The number of nitrogens with zero attached hydrogens (tertiary/aromatic N) is 2. The van der Waals surface area contributed by atoms with E-state index in [1.807, 2.05) is 25.1 Å². The second-order valence-electron chi connectivity index (χ2n) is 3.54. The number of aromatic nitrogens is 2. The molecule has 0 aliphatic carbocycles. The third kappa shape index (κ3) is 2.28.